The highest BCUT2D eigenvalue weighted by Crippen LogP contribution is 2.36. The average Bonchev–Trinajstić information content (AvgIpc) is 3.46. The number of anilines is 1. The van der Waals surface area contributed by atoms with Gasteiger partial charge in [-0.15, -0.1) is 11.3 Å². The molecule has 3 aromatic rings. The lowest BCUT2D eigenvalue weighted by Crippen LogP contribution is -2.38. The van der Waals surface area contributed by atoms with Crippen molar-refractivity contribution >= 4 is 22.4 Å². The van der Waals surface area contributed by atoms with Gasteiger partial charge < -0.3 is 29.5 Å². The van der Waals surface area contributed by atoms with E-state index in [2.05, 4.69) is 46.8 Å². The second kappa shape index (κ2) is 14.4. The Bertz CT molecular complexity index is 1320. The fourth-order valence-electron chi connectivity index (χ4n) is 5.25. The molecule has 0 amide bonds. The SMILES string of the molecule is CCO.COc1cc(COc2ccc(C)cc2-c2csc(N3CCC(C(=O)OC(C)(C)C)CC3)n2)cc2c1CNCC2. The molecule has 1 aromatic heterocycles. The number of fused-ring (bicyclic) bond motifs is 1. The molecule has 2 N–H and O–H groups in total. The first-order chi connectivity index (χ1) is 20.1. The first-order valence-corrected chi connectivity index (χ1v) is 15.7. The molecule has 2 aliphatic heterocycles. The molecule has 3 heterocycles. The number of carbonyl (C=O) groups is 1. The molecule has 0 aliphatic carbocycles. The number of ether oxygens (including phenoxy) is 3. The van der Waals surface area contributed by atoms with Crippen LogP contribution in [0.2, 0.25) is 0 Å². The van der Waals surface area contributed by atoms with E-state index in [0.29, 0.717) is 6.61 Å². The summed E-state index contributed by atoms with van der Waals surface area (Å²) in [6, 6.07) is 10.6. The highest BCUT2D eigenvalue weighted by molar-refractivity contribution is 7.14. The number of aryl methyl sites for hydroxylation is 1. The minimum absolute atomic E-state index is 0.0461. The minimum Gasteiger partial charge on any atom is -0.496 e. The number of esters is 1. The van der Waals surface area contributed by atoms with Crippen LogP contribution in [0.3, 0.4) is 0 Å². The highest BCUT2D eigenvalue weighted by Gasteiger charge is 2.30. The number of aromatic nitrogens is 1. The molecule has 0 spiro atoms. The van der Waals surface area contributed by atoms with E-state index in [1.165, 1.54) is 11.1 Å². The summed E-state index contributed by atoms with van der Waals surface area (Å²) in [7, 11) is 1.73. The summed E-state index contributed by atoms with van der Waals surface area (Å²) in [5, 5.41) is 14.1. The van der Waals surface area contributed by atoms with Gasteiger partial charge in [0.25, 0.3) is 0 Å². The molecule has 2 aliphatic rings. The van der Waals surface area contributed by atoms with Gasteiger partial charge in [0.05, 0.1) is 18.7 Å². The van der Waals surface area contributed by atoms with E-state index in [9.17, 15) is 4.79 Å². The number of thiazole rings is 1. The van der Waals surface area contributed by atoms with Crippen LogP contribution in [0.1, 0.15) is 62.8 Å². The van der Waals surface area contributed by atoms with Crippen LogP contribution in [0.5, 0.6) is 11.5 Å². The number of carbonyl (C=O) groups excluding carboxylic acids is 1. The molecule has 0 radical (unpaired) electrons. The molecule has 0 saturated carbocycles. The number of nitrogens with zero attached hydrogens (tertiary/aromatic N) is 2. The van der Waals surface area contributed by atoms with Crippen LogP contribution in [0.15, 0.2) is 35.7 Å². The van der Waals surface area contributed by atoms with Gasteiger partial charge in [0.2, 0.25) is 0 Å². The van der Waals surface area contributed by atoms with E-state index in [4.69, 9.17) is 24.3 Å². The van der Waals surface area contributed by atoms with Crippen LogP contribution < -0.4 is 19.7 Å². The number of benzene rings is 2. The Hall–Kier alpha value is -3.14. The number of rotatable bonds is 7. The standard InChI is InChI=1S/C31H39N3O4S.C2H6O/c1-20-6-7-27(37-18-21-15-23-8-11-32-17-25(23)28(16-21)36-5)24(14-20)26-19-39-30(33-26)34-12-9-22(10-13-34)29(35)38-31(2,3)4;1-2-3/h6-7,14-16,19,22,32H,8-13,17-18H2,1-5H3;3H,2H2,1H3. The number of aliphatic hydroxyl groups excluding tert-OH is 1. The van der Waals surface area contributed by atoms with Crippen molar-refractivity contribution in [2.45, 2.75) is 72.6 Å². The first kappa shape index (κ1) is 31.8. The zero-order valence-corrected chi connectivity index (χ0v) is 26.6. The molecule has 1 saturated heterocycles. The number of nitrogens with one attached hydrogen (secondary N) is 1. The van der Waals surface area contributed by atoms with Crippen molar-refractivity contribution < 1.29 is 24.1 Å². The highest BCUT2D eigenvalue weighted by atomic mass is 32.1. The van der Waals surface area contributed by atoms with Crippen molar-refractivity contribution in [3.8, 4) is 22.8 Å². The molecular formula is C33H45N3O5S. The average molecular weight is 596 g/mol. The minimum atomic E-state index is -0.449. The van der Waals surface area contributed by atoms with Crippen LogP contribution in [-0.2, 0) is 29.1 Å². The van der Waals surface area contributed by atoms with Crippen molar-refractivity contribution in [2.75, 3.05) is 38.3 Å². The summed E-state index contributed by atoms with van der Waals surface area (Å²) < 4.78 is 17.7. The molecule has 0 bridgehead atoms. The van der Waals surface area contributed by atoms with Gasteiger partial charge in [-0.05, 0) is 89.8 Å². The number of hydrogen-bond donors (Lipinski definition) is 2. The molecule has 228 valence electrons. The van der Waals surface area contributed by atoms with E-state index < -0.39 is 5.60 Å². The third kappa shape index (κ3) is 8.24. The predicted molar refractivity (Wildman–Crippen MR) is 169 cm³/mol. The van der Waals surface area contributed by atoms with E-state index in [1.54, 1.807) is 25.4 Å². The molecule has 0 atom stereocenters. The molecule has 42 heavy (non-hydrogen) atoms. The van der Waals surface area contributed by atoms with E-state index in [1.807, 2.05) is 26.8 Å². The van der Waals surface area contributed by atoms with Gasteiger partial charge in [0, 0.05) is 42.7 Å². The zero-order valence-electron chi connectivity index (χ0n) is 25.8. The zero-order chi connectivity index (χ0) is 30.3. The molecule has 2 aromatic carbocycles. The molecule has 0 unspecified atom stereocenters. The molecule has 1 fully saturated rings. The summed E-state index contributed by atoms with van der Waals surface area (Å²) in [5.74, 6) is 1.60. The predicted octanol–water partition coefficient (Wildman–Crippen LogP) is 5.91. The van der Waals surface area contributed by atoms with Gasteiger partial charge in [-0.25, -0.2) is 4.98 Å². The molecule has 8 nitrogen and oxygen atoms in total. The topological polar surface area (TPSA) is 93.2 Å². The van der Waals surface area contributed by atoms with E-state index in [0.717, 1.165) is 84.5 Å². The van der Waals surface area contributed by atoms with E-state index in [-0.39, 0.29) is 18.5 Å². The van der Waals surface area contributed by atoms with Gasteiger partial charge >= 0.3 is 5.97 Å². The molecular weight excluding hydrogens is 550 g/mol. The Morgan fingerprint density at radius 1 is 1.17 bits per heavy atom. The van der Waals surface area contributed by atoms with Crippen LogP contribution in [0.4, 0.5) is 5.13 Å². The number of methoxy groups -OCH3 is 1. The number of hydrogen-bond acceptors (Lipinski definition) is 9. The third-order valence-corrected chi connectivity index (χ3v) is 8.16. The molecule has 9 heteroatoms. The largest absolute Gasteiger partial charge is 0.496 e. The van der Waals surface area contributed by atoms with Crippen LogP contribution in [0, 0.1) is 12.8 Å². The van der Waals surface area contributed by atoms with E-state index >= 15 is 0 Å². The van der Waals surface area contributed by atoms with Crippen LogP contribution in [0.25, 0.3) is 11.3 Å². The lowest BCUT2D eigenvalue weighted by molar-refractivity contribution is -0.160. The smallest absolute Gasteiger partial charge is 0.309 e. The van der Waals surface area contributed by atoms with Crippen LogP contribution >= 0.6 is 11.3 Å². The maximum atomic E-state index is 12.5. The summed E-state index contributed by atoms with van der Waals surface area (Å²) in [6.07, 6.45) is 2.55. The van der Waals surface area contributed by atoms with Crippen molar-refractivity contribution in [2.24, 2.45) is 5.92 Å². The number of aliphatic hydroxyl groups is 1. The Kier molecular flexibility index (Phi) is 10.9. The summed E-state index contributed by atoms with van der Waals surface area (Å²) in [6.45, 7) is 13.6. The Morgan fingerprint density at radius 3 is 2.60 bits per heavy atom. The van der Waals surface area contributed by atoms with Gasteiger partial charge in [-0.2, -0.15) is 0 Å². The first-order valence-electron chi connectivity index (χ1n) is 14.8. The fraction of sp³-hybridized carbons (Fsp3) is 0.515. The lowest BCUT2D eigenvalue weighted by atomic mass is 9.97. The maximum Gasteiger partial charge on any atom is 0.309 e. The number of piperidine rings is 1. The Morgan fingerprint density at radius 2 is 1.90 bits per heavy atom. The van der Waals surface area contributed by atoms with Crippen LogP contribution in [-0.4, -0.2) is 55.0 Å². The third-order valence-electron chi connectivity index (χ3n) is 7.26. The van der Waals surface area contributed by atoms with Gasteiger partial charge in [-0.3, -0.25) is 4.79 Å². The summed E-state index contributed by atoms with van der Waals surface area (Å²) in [4.78, 5) is 19.8. The van der Waals surface area contributed by atoms with Crippen molar-refractivity contribution in [1.82, 2.24) is 10.3 Å². The summed E-state index contributed by atoms with van der Waals surface area (Å²) in [5.41, 5.74) is 6.30. The second-order valence-corrected chi connectivity index (χ2v) is 12.6. The molecule has 5 rings (SSSR count). The summed E-state index contributed by atoms with van der Waals surface area (Å²) >= 11 is 1.64. The maximum absolute atomic E-state index is 12.5. The van der Waals surface area contributed by atoms with Crippen molar-refractivity contribution in [3.63, 3.8) is 0 Å². The lowest BCUT2D eigenvalue weighted by Gasteiger charge is -2.32. The van der Waals surface area contributed by atoms with Gasteiger partial charge in [-0.1, -0.05) is 17.7 Å². The van der Waals surface area contributed by atoms with Crippen molar-refractivity contribution in [1.29, 1.82) is 0 Å². The van der Waals surface area contributed by atoms with Gasteiger partial charge in [0.1, 0.15) is 23.7 Å². The Labute approximate surface area is 254 Å². The van der Waals surface area contributed by atoms with Gasteiger partial charge in [0.15, 0.2) is 5.13 Å². The normalized spacial score (nSPS) is 15.4. The van der Waals surface area contributed by atoms with Crippen molar-refractivity contribution in [3.05, 3.63) is 58.0 Å². The second-order valence-electron chi connectivity index (χ2n) is 11.8. The quantitative estimate of drug-likeness (QED) is 0.326. The fourth-order valence-corrected chi connectivity index (χ4v) is 6.13. The monoisotopic (exact) mass is 595 g/mol. The Balaban J connectivity index is 0.00000129.